The normalized spacial score (nSPS) is 25.7. The third-order valence-electron chi connectivity index (χ3n) is 4.02. The first-order valence-electron chi connectivity index (χ1n) is 6.50. The Bertz CT molecular complexity index is 258. The Labute approximate surface area is 104 Å². The Hall–Kier alpha value is -0.610. The molecule has 0 saturated heterocycles. The van der Waals surface area contributed by atoms with Gasteiger partial charge in [-0.2, -0.15) is 0 Å². The number of hydrogen-bond donors (Lipinski definition) is 2. The number of carbonyl (C=O) groups excluding carboxylic acids is 1. The lowest BCUT2D eigenvalue weighted by atomic mass is 9.84. The summed E-state index contributed by atoms with van der Waals surface area (Å²) in [4.78, 5) is 13.8. The van der Waals surface area contributed by atoms with Crippen molar-refractivity contribution in [3.05, 3.63) is 0 Å². The number of hydrogen-bond acceptors (Lipinski definition) is 3. The van der Waals surface area contributed by atoms with Crippen molar-refractivity contribution in [2.75, 3.05) is 13.7 Å². The number of aliphatic hydroxyl groups is 1. The molecule has 0 aliphatic heterocycles. The number of nitrogens with zero attached hydrogens (tertiary/aromatic N) is 1. The van der Waals surface area contributed by atoms with Crippen LogP contribution in [-0.2, 0) is 4.79 Å². The maximum absolute atomic E-state index is 12.1. The molecule has 17 heavy (non-hydrogen) atoms. The fraction of sp³-hybridized carbons (Fsp3) is 0.923. The number of rotatable bonds is 4. The van der Waals surface area contributed by atoms with Crippen LogP contribution in [0.1, 0.15) is 46.0 Å². The molecule has 0 spiro atoms. The fourth-order valence-corrected chi connectivity index (χ4v) is 2.22. The minimum Gasteiger partial charge on any atom is -0.394 e. The van der Waals surface area contributed by atoms with E-state index in [1.165, 1.54) is 0 Å². The molecular weight excluding hydrogens is 216 g/mol. The van der Waals surface area contributed by atoms with Gasteiger partial charge in [-0.1, -0.05) is 0 Å². The number of nitrogens with two attached hydrogens (primary N) is 1. The van der Waals surface area contributed by atoms with E-state index in [1.807, 2.05) is 13.8 Å². The van der Waals surface area contributed by atoms with Gasteiger partial charge in [0.15, 0.2) is 0 Å². The van der Waals surface area contributed by atoms with Crippen molar-refractivity contribution < 1.29 is 9.90 Å². The maximum atomic E-state index is 12.1. The Kier molecular flexibility index (Phi) is 4.95. The molecule has 0 aromatic rings. The highest BCUT2D eigenvalue weighted by Gasteiger charge is 2.29. The largest absolute Gasteiger partial charge is 0.394 e. The molecule has 4 nitrogen and oxygen atoms in total. The van der Waals surface area contributed by atoms with Crippen molar-refractivity contribution in [2.45, 2.75) is 57.5 Å². The van der Waals surface area contributed by atoms with Gasteiger partial charge in [0.25, 0.3) is 0 Å². The van der Waals surface area contributed by atoms with Gasteiger partial charge in [-0.3, -0.25) is 4.79 Å². The van der Waals surface area contributed by atoms with Gasteiger partial charge in [-0.25, -0.2) is 0 Å². The summed E-state index contributed by atoms with van der Waals surface area (Å²) >= 11 is 0. The molecule has 3 N–H and O–H groups in total. The van der Waals surface area contributed by atoms with Gasteiger partial charge >= 0.3 is 0 Å². The number of carbonyl (C=O) groups is 1. The highest BCUT2D eigenvalue weighted by molar-refractivity contribution is 5.77. The second kappa shape index (κ2) is 5.83. The van der Waals surface area contributed by atoms with Gasteiger partial charge in [-0.15, -0.1) is 0 Å². The summed E-state index contributed by atoms with van der Waals surface area (Å²) in [5, 5.41) is 9.24. The number of aliphatic hydroxyl groups excluding tert-OH is 1. The van der Waals surface area contributed by atoms with Crippen molar-refractivity contribution in [3.63, 3.8) is 0 Å². The quantitative estimate of drug-likeness (QED) is 0.776. The van der Waals surface area contributed by atoms with Crippen molar-refractivity contribution >= 4 is 5.91 Å². The molecule has 1 fully saturated rings. The van der Waals surface area contributed by atoms with E-state index in [-0.39, 0.29) is 12.5 Å². The van der Waals surface area contributed by atoms with Crippen LogP contribution < -0.4 is 5.73 Å². The van der Waals surface area contributed by atoms with Crippen LogP contribution in [0.4, 0.5) is 0 Å². The predicted molar refractivity (Wildman–Crippen MR) is 68.5 cm³/mol. The van der Waals surface area contributed by atoms with E-state index in [9.17, 15) is 9.90 Å². The van der Waals surface area contributed by atoms with Crippen LogP contribution in [0.25, 0.3) is 0 Å². The average Bonchev–Trinajstić information content (AvgIpc) is 2.31. The summed E-state index contributed by atoms with van der Waals surface area (Å²) in [5.41, 5.74) is 5.38. The standard InChI is InChI=1S/C13H26N2O2/c1-13(2,9-16)15(3)12(17)8-10-4-6-11(14)7-5-10/h10-11,16H,4-9,14H2,1-3H3. The molecule has 1 rings (SSSR count). The first-order valence-corrected chi connectivity index (χ1v) is 6.50. The van der Waals surface area contributed by atoms with Crippen LogP contribution in [-0.4, -0.2) is 41.1 Å². The monoisotopic (exact) mass is 242 g/mol. The zero-order valence-corrected chi connectivity index (χ0v) is 11.3. The van der Waals surface area contributed by atoms with E-state index in [2.05, 4.69) is 0 Å². The minimum absolute atomic E-state index is 0.00915. The summed E-state index contributed by atoms with van der Waals surface area (Å²) in [5.74, 6) is 0.601. The Morgan fingerprint density at radius 2 is 1.88 bits per heavy atom. The Morgan fingerprint density at radius 3 is 2.35 bits per heavy atom. The Balaban J connectivity index is 2.44. The van der Waals surface area contributed by atoms with Gasteiger partial charge in [0.1, 0.15) is 0 Å². The highest BCUT2D eigenvalue weighted by atomic mass is 16.3. The molecule has 4 heteroatoms. The van der Waals surface area contributed by atoms with Crippen molar-refractivity contribution in [3.8, 4) is 0 Å². The molecule has 0 unspecified atom stereocenters. The van der Waals surface area contributed by atoms with Crippen LogP contribution in [0, 0.1) is 5.92 Å². The van der Waals surface area contributed by atoms with Crippen molar-refractivity contribution in [1.29, 1.82) is 0 Å². The number of likely N-dealkylation sites (N-methyl/N-ethyl adjacent to an activating group) is 1. The topological polar surface area (TPSA) is 66.6 Å². The fourth-order valence-electron chi connectivity index (χ4n) is 2.22. The van der Waals surface area contributed by atoms with Crippen LogP contribution >= 0.6 is 0 Å². The number of amides is 1. The third-order valence-corrected chi connectivity index (χ3v) is 4.02. The smallest absolute Gasteiger partial charge is 0.223 e. The third kappa shape index (κ3) is 3.96. The summed E-state index contributed by atoms with van der Waals surface area (Å²) in [6.45, 7) is 3.74. The summed E-state index contributed by atoms with van der Waals surface area (Å²) < 4.78 is 0. The van der Waals surface area contributed by atoms with Crippen LogP contribution in [0.5, 0.6) is 0 Å². The zero-order chi connectivity index (χ0) is 13.1. The highest BCUT2D eigenvalue weighted by Crippen LogP contribution is 2.27. The molecule has 0 atom stereocenters. The molecule has 1 aliphatic carbocycles. The van der Waals surface area contributed by atoms with Gasteiger partial charge in [0.05, 0.1) is 12.1 Å². The van der Waals surface area contributed by atoms with E-state index in [0.717, 1.165) is 25.7 Å². The van der Waals surface area contributed by atoms with E-state index in [1.54, 1.807) is 11.9 Å². The summed E-state index contributed by atoms with van der Waals surface area (Å²) in [7, 11) is 1.77. The molecule has 0 heterocycles. The molecule has 0 bridgehead atoms. The Morgan fingerprint density at radius 1 is 1.35 bits per heavy atom. The first kappa shape index (κ1) is 14.5. The van der Waals surface area contributed by atoms with Crippen molar-refractivity contribution in [1.82, 2.24) is 4.90 Å². The van der Waals surface area contributed by atoms with E-state index in [4.69, 9.17) is 5.73 Å². The summed E-state index contributed by atoms with van der Waals surface area (Å²) in [6, 6.07) is 0.327. The second-order valence-corrected chi connectivity index (χ2v) is 5.91. The van der Waals surface area contributed by atoms with Crippen LogP contribution in [0.3, 0.4) is 0 Å². The molecule has 0 aromatic carbocycles. The predicted octanol–water partition coefficient (Wildman–Crippen LogP) is 1.12. The van der Waals surface area contributed by atoms with Gasteiger partial charge in [0.2, 0.25) is 5.91 Å². The minimum atomic E-state index is -0.470. The molecule has 100 valence electrons. The van der Waals surface area contributed by atoms with E-state index in [0.29, 0.717) is 18.4 Å². The lowest BCUT2D eigenvalue weighted by Crippen LogP contribution is -2.48. The SMILES string of the molecule is CN(C(=O)CC1CCC(N)CC1)C(C)(C)CO. The second-order valence-electron chi connectivity index (χ2n) is 5.91. The van der Waals surface area contributed by atoms with Gasteiger partial charge < -0.3 is 15.7 Å². The van der Waals surface area contributed by atoms with Gasteiger partial charge in [0, 0.05) is 19.5 Å². The maximum Gasteiger partial charge on any atom is 0.223 e. The zero-order valence-electron chi connectivity index (χ0n) is 11.3. The molecular formula is C13H26N2O2. The lowest BCUT2D eigenvalue weighted by molar-refractivity contribution is -0.137. The lowest BCUT2D eigenvalue weighted by Gasteiger charge is -2.35. The average molecular weight is 242 g/mol. The van der Waals surface area contributed by atoms with E-state index < -0.39 is 5.54 Å². The van der Waals surface area contributed by atoms with Gasteiger partial charge in [-0.05, 0) is 45.4 Å². The van der Waals surface area contributed by atoms with Crippen LogP contribution in [0.2, 0.25) is 0 Å². The molecule has 1 saturated carbocycles. The molecule has 0 aromatic heterocycles. The molecule has 0 radical (unpaired) electrons. The first-order chi connectivity index (χ1) is 7.86. The summed E-state index contributed by atoms with van der Waals surface area (Å²) in [6.07, 6.45) is 4.77. The van der Waals surface area contributed by atoms with Crippen LogP contribution in [0.15, 0.2) is 0 Å². The molecule has 1 aliphatic rings. The van der Waals surface area contributed by atoms with E-state index >= 15 is 0 Å². The van der Waals surface area contributed by atoms with Crippen molar-refractivity contribution in [2.24, 2.45) is 11.7 Å². The molecule has 1 amide bonds.